The average molecular weight is 282 g/mol. The third kappa shape index (κ3) is 4.60. The monoisotopic (exact) mass is 281 g/mol. The van der Waals surface area contributed by atoms with E-state index in [-0.39, 0.29) is 5.97 Å². The van der Waals surface area contributed by atoms with Crippen LogP contribution in [0.1, 0.15) is 26.7 Å². The molecule has 0 aliphatic heterocycles. The van der Waals surface area contributed by atoms with Gasteiger partial charge < -0.3 is 10.1 Å². The summed E-state index contributed by atoms with van der Waals surface area (Å²) >= 11 is 5.95. The fraction of sp³-hybridized carbons (Fsp3) is 0.400. The Kier molecular flexibility index (Phi) is 5.90. The van der Waals surface area contributed by atoms with Crippen LogP contribution in [0.3, 0.4) is 0 Å². The Bertz CT molecular complexity index is 448. The van der Waals surface area contributed by atoms with Crippen LogP contribution >= 0.6 is 11.6 Å². The van der Waals surface area contributed by atoms with Crippen molar-refractivity contribution in [1.29, 1.82) is 0 Å². The first-order valence-corrected chi connectivity index (χ1v) is 6.71. The maximum atomic E-state index is 12.1. The van der Waals surface area contributed by atoms with Gasteiger partial charge in [0, 0.05) is 10.7 Å². The van der Waals surface area contributed by atoms with Crippen LogP contribution in [0.25, 0.3) is 0 Å². The quantitative estimate of drug-likeness (QED) is 0.605. The molecule has 1 unspecified atom stereocenters. The number of allylic oxidation sites excluding steroid dienone is 1. The number of hydrogen-bond donors (Lipinski definition) is 1. The number of hydrogen-bond acceptors (Lipinski definition) is 3. The first-order valence-electron chi connectivity index (χ1n) is 6.33. The maximum Gasteiger partial charge on any atom is 0.331 e. The lowest BCUT2D eigenvalue weighted by Crippen LogP contribution is -2.44. The van der Waals surface area contributed by atoms with E-state index >= 15 is 0 Å². The minimum absolute atomic E-state index is 0.267. The van der Waals surface area contributed by atoms with Crippen molar-refractivity contribution >= 4 is 23.3 Å². The van der Waals surface area contributed by atoms with Crippen molar-refractivity contribution in [2.24, 2.45) is 0 Å². The summed E-state index contributed by atoms with van der Waals surface area (Å²) < 4.78 is 5.14. The van der Waals surface area contributed by atoms with E-state index in [4.69, 9.17) is 16.3 Å². The molecule has 0 fully saturated rings. The summed E-state index contributed by atoms with van der Waals surface area (Å²) in [4.78, 5) is 12.1. The van der Waals surface area contributed by atoms with E-state index in [1.54, 1.807) is 25.1 Å². The summed E-state index contributed by atoms with van der Waals surface area (Å²) in [6.07, 6.45) is 3.13. The van der Waals surface area contributed by atoms with E-state index < -0.39 is 5.54 Å². The van der Waals surface area contributed by atoms with Crippen molar-refractivity contribution in [3.63, 3.8) is 0 Å². The molecule has 0 heterocycles. The molecule has 1 N–H and O–H groups in total. The van der Waals surface area contributed by atoms with E-state index in [1.165, 1.54) is 0 Å². The topological polar surface area (TPSA) is 38.3 Å². The molecule has 104 valence electrons. The molecule has 0 bridgehead atoms. The molecule has 0 aromatic heterocycles. The van der Waals surface area contributed by atoms with Crippen LogP contribution in [0.5, 0.6) is 0 Å². The van der Waals surface area contributed by atoms with Crippen molar-refractivity contribution in [3.8, 4) is 0 Å². The molecule has 0 aliphatic carbocycles. The van der Waals surface area contributed by atoms with E-state index in [0.29, 0.717) is 18.1 Å². The molecule has 1 aromatic carbocycles. The third-order valence-corrected chi connectivity index (χ3v) is 3.05. The van der Waals surface area contributed by atoms with Gasteiger partial charge in [-0.25, -0.2) is 4.79 Å². The zero-order chi connectivity index (χ0) is 14.3. The molecule has 19 heavy (non-hydrogen) atoms. The van der Waals surface area contributed by atoms with E-state index in [9.17, 15) is 4.79 Å². The van der Waals surface area contributed by atoms with Gasteiger partial charge in [-0.3, -0.25) is 0 Å². The van der Waals surface area contributed by atoms with Crippen LogP contribution in [0.4, 0.5) is 5.69 Å². The lowest BCUT2D eigenvalue weighted by molar-refractivity contribution is -0.148. The second-order valence-electron chi connectivity index (χ2n) is 4.52. The fourth-order valence-electron chi connectivity index (χ4n) is 1.78. The molecule has 0 saturated carbocycles. The highest BCUT2D eigenvalue weighted by molar-refractivity contribution is 6.30. The molecule has 1 atom stereocenters. The Balaban J connectivity index is 2.90. The number of carbonyl (C=O) groups is 1. The number of nitrogens with one attached hydrogen (secondary N) is 1. The summed E-state index contributed by atoms with van der Waals surface area (Å²) in [5, 5.41) is 3.83. The SMILES string of the molecule is C=CCCC(C)(Nc1cccc(Cl)c1)C(=O)OCC. The normalized spacial score (nSPS) is 13.4. The van der Waals surface area contributed by atoms with Crippen LogP contribution in [0, 0.1) is 0 Å². The summed E-state index contributed by atoms with van der Waals surface area (Å²) in [7, 11) is 0. The molecule has 4 heteroatoms. The Hall–Kier alpha value is -1.48. The smallest absolute Gasteiger partial charge is 0.331 e. The van der Waals surface area contributed by atoms with Gasteiger partial charge in [0.25, 0.3) is 0 Å². The predicted molar refractivity (Wildman–Crippen MR) is 79.5 cm³/mol. The fourth-order valence-corrected chi connectivity index (χ4v) is 1.97. The molecule has 0 spiro atoms. The number of carbonyl (C=O) groups excluding carboxylic acids is 1. The van der Waals surface area contributed by atoms with Crippen molar-refractivity contribution < 1.29 is 9.53 Å². The van der Waals surface area contributed by atoms with E-state index in [2.05, 4.69) is 11.9 Å². The van der Waals surface area contributed by atoms with Crippen LogP contribution < -0.4 is 5.32 Å². The Morgan fingerprint density at radius 1 is 1.58 bits per heavy atom. The van der Waals surface area contributed by atoms with Crippen LogP contribution in [0.15, 0.2) is 36.9 Å². The number of rotatable bonds is 7. The molecular formula is C15H20ClNO2. The van der Waals surface area contributed by atoms with Crippen molar-refractivity contribution in [2.45, 2.75) is 32.2 Å². The van der Waals surface area contributed by atoms with E-state index in [0.717, 1.165) is 12.1 Å². The number of esters is 1. The van der Waals surface area contributed by atoms with Crippen LogP contribution in [0.2, 0.25) is 5.02 Å². The molecule has 0 aliphatic rings. The lowest BCUT2D eigenvalue weighted by Gasteiger charge is -2.29. The Labute approximate surface area is 119 Å². The summed E-state index contributed by atoms with van der Waals surface area (Å²) in [6.45, 7) is 7.68. The van der Waals surface area contributed by atoms with Gasteiger partial charge in [0.15, 0.2) is 0 Å². The predicted octanol–water partition coefficient (Wildman–Crippen LogP) is 4.04. The minimum Gasteiger partial charge on any atom is -0.464 e. The molecule has 3 nitrogen and oxygen atoms in total. The van der Waals surface area contributed by atoms with Crippen LogP contribution in [-0.4, -0.2) is 18.1 Å². The molecule has 0 saturated heterocycles. The van der Waals surface area contributed by atoms with Gasteiger partial charge in [0.2, 0.25) is 0 Å². The first-order chi connectivity index (χ1) is 9.01. The molecule has 0 radical (unpaired) electrons. The van der Waals surface area contributed by atoms with Gasteiger partial charge in [-0.05, 0) is 44.9 Å². The van der Waals surface area contributed by atoms with Gasteiger partial charge >= 0.3 is 5.97 Å². The molecule has 1 rings (SSSR count). The minimum atomic E-state index is -0.783. The van der Waals surface area contributed by atoms with Gasteiger partial charge in [-0.1, -0.05) is 23.7 Å². The van der Waals surface area contributed by atoms with Gasteiger partial charge in [0.1, 0.15) is 5.54 Å². The Morgan fingerprint density at radius 2 is 2.32 bits per heavy atom. The van der Waals surface area contributed by atoms with Gasteiger partial charge in [-0.15, -0.1) is 6.58 Å². The molecule has 0 amide bonds. The summed E-state index contributed by atoms with van der Waals surface area (Å²) in [5.41, 5.74) is 0.0154. The number of ether oxygens (including phenoxy) is 1. The van der Waals surface area contributed by atoms with Crippen LogP contribution in [-0.2, 0) is 9.53 Å². The lowest BCUT2D eigenvalue weighted by atomic mass is 9.95. The number of benzene rings is 1. The highest BCUT2D eigenvalue weighted by Gasteiger charge is 2.33. The van der Waals surface area contributed by atoms with E-state index in [1.807, 2.05) is 19.1 Å². The first kappa shape index (κ1) is 15.6. The Morgan fingerprint density at radius 3 is 2.89 bits per heavy atom. The highest BCUT2D eigenvalue weighted by atomic mass is 35.5. The number of anilines is 1. The summed E-state index contributed by atoms with van der Waals surface area (Å²) in [6, 6.07) is 7.28. The molecule has 1 aromatic rings. The standard InChI is InChI=1S/C15H20ClNO2/c1-4-6-10-15(3,14(18)19-5-2)17-13-9-7-8-12(16)11-13/h4,7-9,11,17H,1,5-6,10H2,2-3H3. The maximum absolute atomic E-state index is 12.1. The summed E-state index contributed by atoms with van der Waals surface area (Å²) in [5.74, 6) is -0.267. The van der Waals surface area contributed by atoms with Crippen molar-refractivity contribution in [2.75, 3.05) is 11.9 Å². The molecular weight excluding hydrogens is 262 g/mol. The second-order valence-corrected chi connectivity index (χ2v) is 4.95. The van der Waals surface area contributed by atoms with Gasteiger partial charge in [0.05, 0.1) is 6.61 Å². The zero-order valence-electron chi connectivity index (χ0n) is 11.4. The van der Waals surface area contributed by atoms with Gasteiger partial charge in [-0.2, -0.15) is 0 Å². The highest BCUT2D eigenvalue weighted by Crippen LogP contribution is 2.24. The largest absolute Gasteiger partial charge is 0.464 e. The number of halogens is 1. The van der Waals surface area contributed by atoms with Crippen molar-refractivity contribution in [1.82, 2.24) is 0 Å². The third-order valence-electron chi connectivity index (χ3n) is 2.82. The average Bonchev–Trinajstić information content (AvgIpc) is 2.36. The van der Waals surface area contributed by atoms with Crippen molar-refractivity contribution in [3.05, 3.63) is 41.9 Å². The second kappa shape index (κ2) is 7.19. The zero-order valence-corrected chi connectivity index (χ0v) is 12.2.